The third kappa shape index (κ3) is 3.27. The normalized spacial score (nSPS) is 15.9. The van der Waals surface area contributed by atoms with E-state index in [-0.39, 0.29) is 28.6 Å². The summed E-state index contributed by atoms with van der Waals surface area (Å²) in [6.45, 7) is 0. The highest BCUT2D eigenvalue weighted by Gasteiger charge is 2.34. The van der Waals surface area contributed by atoms with Crippen LogP contribution in [0.25, 0.3) is 5.69 Å². The number of carbonyl (C=O) groups excluding carboxylic acids is 1. The molecule has 2 aromatic carbocycles. The molecule has 0 bridgehead atoms. The maximum atomic E-state index is 13.4. The van der Waals surface area contributed by atoms with Gasteiger partial charge in [0, 0.05) is 18.2 Å². The average Bonchev–Trinajstić information content (AvgIpc) is 3.09. The maximum absolute atomic E-state index is 13.4. The third-order valence-corrected chi connectivity index (χ3v) is 4.40. The number of hydrogen-bond acceptors (Lipinski definition) is 5. The van der Waals surface area contributed by atoms with Gasteiger partial charge in [-0.3, -0.25) is 4.79 Å². The number of benzene rings is 2. The van der Waals surface area contributed by atoms with Crippen molar-refractivity contribution in [3.63, 3.8) is 0 Å². The Bertz CT molecular complexity index is 1120. The SMILES string of the molecule is COC1N=C(c2ccccc2)c2cc(C(F)(F)F)ccc2-n2nc(C(N)=O)nc21. The topological polar surface area (TPSA) is 95.4 Å². The van der Waals surface area contributed by atoms with Crippen molar-refractivity contribution in [3.8, 4) is 5.69 Å². The Hall–Kier alpha value is -3.53. The Labute approximate surface area is 162 Å². The predicted molar refractivity (Wildman–Crippen MR) is 96.7 cm³/mol. The van der Waals surface area contributed by atoms with Crippen molar-refractivity contribution in [2.75, 3.05) is 7.11 Å². The number of rotatable bonds is 3. The second kappa shape index (κ2) is 6.82. The smallest absolute Gasteiger partial charge is 0.363 e. The van der Waals surface area contributed by atoms with Crippen LogP contribution in [0.2, 0.25) is 0 Å². The van der Waals surface area contributed by atoms with Crippen LogP contribution in [0.5, 0.6) is 0 Å². The van der Waals surface area contributed by atoms with Crippen LogP contribution in [0, 0.1) is 0 Å². The van der Waals surface area contributed by atoms with Gasteiger partial charge in [-0.15, -0.1) is 5.10 Å². The molecule has 148 valence electrons. The predicted octanol–water partition coefficient (Wildman–Crippen LogP) is 2.88. The fourth-order valence-corrected chi connectivity index (χ4v) is 3.08. The van der Waals surface area contributed by atoms with Gasteiger partial charge in [0.15, 0.2) is 5.82 Å². The Morgan fingerprint density at radius 2 is 1.90 bits per heavy atom. The monoisotopic (exact) mass is 401 g/mol. The van der Waals surface area contributed by atoms with E-state index in [0.717, 1.165) is 12.1 Å². The van der Waals surface area contributed by atoms with Gasteiger partial charge in [-0.05, 0) is 18.2 Å². The van der Waals surface area contributed by atoms with Gasteiger partial charge in [-0.2, -0.15) is 13.2 Å². The van der Waals surface area contributed by atoms with Crippen LogP contribution in [0.15, 0.2) is 53.5 Å². The number of aliphatic imine (C=N–C) groups is 1. The quantitative estimate of drug-likeness (QED) is 0.730. The van der Waals surface area contributed by atoms with Crippen molar-refractivity contribution in [3.05, 3.63) is 76.9 Å². The van der Waals surface area contributed by atoms with Gasteiger partial charge in [0.2, 0.25) is 12.1 Å². The molecule has 3 aromatic rings. The van der Waals surface area contributed by atoms with Gasteiger partial charge in [-0.1, -0.05) is 30.3 Å². The number of hydrogen-bond donors (Lipinski definition) is 1. The molecule has 10 heteroatoms. The summed E-state index contributed by atoms with van der Waals surface area (Å²) in [6, 6.07) is 11.9. The van der Waals surface area contributed by atoms with Gasteiger partial charge >= 0.3 is 6.18 Å². The zero-order chi connectivity index (χ0) is 20.8. The van der Waals surface area contributed by atoms with Crippen molar-refractivity contribution in [2.24, 2.45) is 10.7 Å². The molecule has 1 aliphatic heterocycles. The lowest BCUT2D eigenvalue weighted by atomic mass is 9.98. The molecule has 2 heterocycles. The van der Waals surface area contributed by atoms with Crippen molar-refractivity contribution < 1.29 is 22.7 Å². The molecule has 29 heavy (non-hydrogen) atoms. The fraction of sp³-hybridized carbons (Fsp3) is 0.158. The van der Waals surface area contributed by atoms with Crippen molar-refractivity contribution >= 4 is 11.6 Å². The zero-order valence-electron chi connectivity index (χ0n) is 15.0. The number of alkyl halides is 3. The molecule has 7 nitrogen and oxygen atoms in total. The third-order valence-electron chi connectivity index (χ3n) is 4.40. The molecule has 4 rings (SSSR count). The molecular weight excluding hydrogens is 387 g/mol. The molecule has 1 amide bonds. The molecule has 1 aliphatic rings. The van der Waals surface area contributed by atoms with Crippen molar-refractivity contribution in [1.82, 2.24) is 14.8 Å². The Kier molecular flexibility index (Phi) is 4.42. The summed E-state index contributed by atoms with van der Waals surface area (Å²) in [5.74, 6) is -1.03. The summed E-state index contributed by atoms with van der Waals surface area (Å²) in [5.41, 5.74) is 5.75. The summed E-state index contributed by atoms with van der Waals surface area (Å²) in [7, 11) is 1.37. The summed E-state index contributed by atoms with van der Waals surface area (Å²) in [4.78, 5) is 20.1. The van der Waals surface area contributed by atoms with Crippen LogP contribution in [0.1, 0.15) is 39.4 Å². The lowest BCUT2D eigenvalue weighted by Crippen LogP contribution is -2.15. The highest BCUT2D eigenvalue weighted by Crippen LogP contribution is 2.35. The molecule has 0 saturated heterocycles. The number of nitrogens with zero attached hydrogens (tertiary/aromatic N) is 4. The Morgan fingerprint density at radius 1 is 1.17 bits per heavy atom. The van der Waals surface area contributed by atoms with E-state index >= 15 is 0 Å². The number of halogens is 3. The van der Waals surface area contributed by atoms with Crippen LogP contribution >= 0.6 is 0 Å². The van der Waals surface area contributed by atoms with E-state index in [1.165, 1.54) is 17.9 Å². The largest absolute Gasteiger partial charge is 0.416 e. The minimum absolute atomic E-state index is 0.133. The molecule has 0 saturated carbocycles. The molecule has 2 N–H and O–H groups in total. The van der Waals surface area contributed by atoms with Crippen molar-refractivity contribution in [2.45, 2.75) is 12.4 Å². The first-order valence-electron chi connectivity index (χ1n) is 8.44. The standard InChI is InChI=1S/C19H14F3N5O2/c1-29-18-17-25-16(15(23)28)26-27(17)13-8-7-11(19(20,21)22)9-12(13)14(24-18)10-5-3-2-4-6-10/h2-9,18H,1H3,(H2,23,28). The molecule has 0 aliphatic carbocycles. The second-order valence-electron chi connectivity index (χ2n) is 6.23. The van der Waals surface area contributed by atoms with E-state index in [9.17, 15) is 18.0 Å². The van der Waals surface area contributed by atoms with E-state index < -0.39 is 23.9 Å². The first-order chi connectivity index (χ1) is 13.8. The molecular formula is C19H14F3N5O2. The molecule has 0 fully saturated rings. The number of methoxy groups -OCH3 is 1. The number of aromatic nitrogens is 3. The average molecular weight is 401 g/mol. The lowest BCUT2D eigenvalue weighted by molar-refractivity contribution is -0.137. The minimum atomic E-state index is -4.55. The van der Waals surface area contributed by atoms with E-state index in [0.29, 0.717) is 5.56 Å². The molecule has 1 aromatic heterocycles. The number of amides is 1. The van der Waals surface area contributed by atoms with Crippen LogP contribution in [0.4, 0.5) is 13.2 Å². The number of primary amides is 1. The number of fused-ring (bicyclic) bond motifs is 3. The van der Waals surface area contributed by atoms with Gasteiger partial charge in [-0.25, -0.2) is 14.7 Å². The van der Waals surface area contributed by atoms with E-state index in [4.69, 9.17) is 10.5 Å². The van der Waals surface area contributed by atoms with Gasteiger partial charge in [0.25, 0.3) is 5.91 Å². The minimum Gasteiger partial charge on any atom is -0.363 e. The van der Waals surface area contributed by atoms with Crippen LogP contribution in [0.3, 0.4) is 0 Å². The molecule has 0 spiro atoms. The van der Waals surface area contributed by atoms with Crippen LogP contribution in [-0.2, 0) is 10.9 Å². The molecule has 1 unspecified atom stereocenters. The second-order valence-corrected chi connectivity index (χ2v) is 6.23. The summed E-state index contributed by atoms with van der Waals surface area (Å²) in [6.07, 6.45) is -5.56. The van der Waals surface area contributed by atoms with Gasteiger partial charge < -0.3 is 10.5 Å². The Balaban J connectivity index is 2.04. The first-order valence-corrected chi connectivity index (χ1v) is 8.44. The Morgan fingerprint density at radius 3 is 2.52 bits per heavy atom. The van der Waals surface area contributed by atoms with Crippen LogP contribution in [-0.4, -0.2) is 33.5 Å². The fourth-order valence-electron chi connectivity index (χ4n) is 3.08. The van der Waals surface area contributed by atoms with E-state index in [2.05, 4.69) is 15.1 Å². The molecule has 1 atom stereocenters. The van der Waals surface area contributed by atoms with E-state index in [1.807, 2.05) is 0 Å². The van der Waals surface area contributed by atoms with Gasteiger partial charge in [0.1, 0.15) is 0 Å². The highest BCUT2D eigenvalue weighted by molar-refractivity contribution is 6.15. The summed E-state index contributed by atoms with van der Waals surface area (Å²) in [5, 5.41) is 4.07. The lowest BCUT2D eigenvalue weighted by Gasteiger charge is -2.14. The van der Waals surface area contributed by atoms with Crippen molar-refractivity contribution in [1.29, 1.82) is 0 Å². The summed E-state index contributed by atoms with van der Waals surface area (Å²) < 4.78 is 46.8. The molecule has 0 radical (unpaired) electrons. The highest BCUT2D eigenvalue weighted by atomic mass is 19.4. The van der Waals surface area contributed by atoms with E-state index in [1.54, 1.807) is 30.3 Å². The number of carbonyl (C=O) groups is 1. The van der Waals surface area contributed by atoms with Crippen LogP contribution < -0.4 is 5.73 Å². The maximum Gasteiger partial charge on any atom is 0.416 e. The first kappa shape index (κ1) is 18.8. The zero-order valence-corrected chi connectivity index (χ0v) is 15.0. The number of nitrogens with two attached hydrogens (primary N) is 1. The number of ether oxygens (including phenoxy) is 1. The van der Waals surface area contributed by atoms with Gasteiger partial charge in [0.05, 0.1) is 17.0 Å². The summed E-state index contributed by atoms with van der Waals surface area (Å²) >= 11 is 0.